The van der Waals surface area contributed by atoms with Crippen LogP contribution in [0.1, 0.15) is 13.8 Å². The average Bonchev–Trinajstić information content (AvgIpc) is 2.21. The lowest BCUT2D eigenvalue weighted by molar-refractivity contribution is 0.340. The maximum Gasteiger partial charge on any atom is 0.119 e. The first-order valence-corrected chi connectivity index (χ1v) is 4.73. The molecule has 1 aromatic rings. The Labute approximate surface area is 85.3 Å². The molecule has 2 heteroatoms. The number of benzene rings is 1. The molecule has 0 saturated carbocycles. The highest BCUT2D eigenvalue weighted by Gasteiger charge is 1.92. The second kappa shape index (κ2) is 5.93. The molecule has 0 saturated heterocycles. The SMILES string of the molecule is CC#CCNc1ccc(OCC)cc1. The van der Waals surface area contributed by atoms with Crippen LogP contribution in [0.4, 0.5) is 5.69 Å². The van der Waals surface area contributed by atoms with Crippen molar-refractivity contribution in [3.8, 4) is 17.6 Å². The normalized spacial score (nSPS) is 8.71. The van der Waals surface area contributed by atoms with Crippen molar-refractivity contribution >= 4 is 5.69 Å². The van der Waals surface area contributed by atoms with Crippen LogP contribution in [-0.2, 0) is 0 Å². The number of hydrogen-bond donors (Lipinski definition) is 1. The molecule has 0 fully saturated rings. The van der Waals surface area contributed by atoms with Gasteiger partial charge in [-0.3, -0.25) is 0 Å². The summed E-state index contributed by atoms with van der Waals surface area (Å²) in [5.41, 5.74) is 1.07. The molecule has 0 aliphatic carbocycles. The van der Waals surface area contributed by atoms with Gasteiger partial charge in [-0.2, -0.15) is 0 Å². The molecule has 0 atom stereocenters. The lowest BCUT2D eigenvalue weighted by Gasteiger charge is -2.05. The lowest BCUT2D eigenvalue weighted by Crippen LogP contribution is -1.98. The Kier molecular flexibility index (Phi) is 4.43. The molecule has 0 aromatic heterocycles. The first kappa shape index (κ1) is 10.5. The van der Waals surface area contributed by atoms with Crippen LogP contribution < -0.4 is 10.1 Å². The summed E-state index contributed by atoms with van der Waals surface area (Å²) in [6, 6.07) is 7.88. The largest absolute Gasteiger partial charge is 0.494 e. The van der Waals surface area contributed by atoms with E-state index in [0.29, 0.717) is 13.2 Å². The maximum absolute atomic E-state index is 5.33. The van der Waals surface area contributed by atoms with Crippen molar-refractivity contribution in [2.24, 2.45) is 0 Å². The highest BCUT2D eigenvalue weighted by atomic mass is 16.5. The summed E-state index contributed by atoms with van der Waals surface area (Å²) < 4.78 is 5.33. The topological polar surface area (TPSA) is 21.3 Å². The monoisotopic (exact) mass is 189 g/mol. The third kappa shape index (κ3) is 3.40. The van der Waals surface area contributed by atoms with Crippen LogP contribution in [0.15, 0.2) is 24.3 Å². The van der Waals surface area contributed by atoms with E-state index in [0.717, 1.165) is 11.4 Å². The molecule has 74 valence electrons. The molecular formula is C12H15NO. The summed E-state index contributed by atoms with van der Waals surface area (Å²) in [4.78, 5) is 0. The molecule has 0 amide bonds. The van der Waals surface area contributed by atoms with Crippen molar-refractivity contribution in [2.75, 3.05) is 18.5 Å². The van der Waals surface area contributed by atoms with E-state index in [1.807, 2.05) is 38.1 Å². The van der Waals surface area contributed by atoms with Crippen molar-refractivity contribution in [3.05, 3.63) is 24.3 Å². The number of ether oxygens (including phenoxy) is 1. The number of rotatable bonds is 4. The van der Waals surface area contributed by atoms with Gasteiger partial charge in [0.2, 0.25) is 0 Å². The minimum absolute atomic E-state index is 0.685. The van der Waals surface area contributed by atoms with E-state index in [2.05, 4.69) is 17.2 Å². The first-order chi connectivity index (χ1) is 6.86. The van der Waals surface area contributed by atoms with Gasteiger partial charge in [0.15, 0.2) is 0 Å². The zero-order valence-electron chi connectivity index (χ0n) is 8.63. The smallest absolute Gasteiger partial charge is 0.119 e. The van der Waals surface area contributed by atoms with Gasteiger partial charge >= 0.3 is 0 Å². The third-order valence-corrected chi connectivity index (χ3v) is 1.72. The van der Waals surface area contributed by atoms with Gasteiger partial charge in [-0.1, -0.05) is 5.92 Å². The van der Waals surface area contributed by atoms with Crippen molar-refractivity contribution in [1.82, 2.24) is 0 Å². The standard InChI is InChI=1S/C12H15NO/c1-3-5-10-13-11-6-8-12(9-7-11)14-4-2/h6-9,13H,4,10H2,1-2H3. The summed E-state index contributed by atoms with van der Waals surface area (Å²) in [6.45, 7) is 5.20. The fraction of sp³-hybridized carbons (Fsp3) is 0.333. The van der Waals surface area contributed by atoms with E-state index in [1.165, 1.54) is 0 Å². The zero-order chi connectivity index (χ0) is 10.2. The van der Waals surface area contributed by atoms with E-state index < -0.39 is 0 Å². The van der Waals surface area contributed by atoms with Crippen LogP contribution >= 0.6 is 0 Å². The Morgan fingerprint density at radius 3 is 2.57 bits per heavy atom. The second-order valence-corrected chi connectivity index (χ2v) is 2.74. The van der Waals surface area contributed by atoms with Crippen LogP contribution in [0.2, 0.25) is 0 Å². The Morgan fingerprint density at radius 2 is 2.00 bits per heavy atom. The van der Waals surface area contributed by atoms with Gasteiger partial charge in [0.1, 0.15) is 5.75 Å². The number of anilines is 1. The number of hydrogen-bond acceptors (Lipinski definition) is 2. The molecule has 1 N–H and O–H groups in total. The van der Waals surface area contributed by atoms with E-state index >= 15 is 0 Å². The molecule has 1 aromatic carbocycles. The summed E-state index contributed by atoms with van der Waals surface area (Å²) in [5, 5.41) is 3.19. The Hall–Kier alpha value is -1.62. The van der Waals surface area contributed by atoms with Crippen LogP contribution in [0.25, 0.3) is 0 Å². The first-order valence-electron chi connectivity index (χ1n) is 4.73. The molecule has 0 heterocycles. The molecule has 2 nitrogen and oxygen atoms in total. The molecule has 1 rings (SSSR count). The highest BCUT2D eigenvalue weighted by molar-refractivity contribution is 5.47. The van der Waals surface area contributed by atoms with Crippen molar-refractivity contribution in [1.29, 1.82) is 0 Å². The van der Waals surface area contributed by atoms with Gasteiger partial charge in [-0.05, 0) is 38.1 Å². The molecule has 0 bridgehead atoms. The van der Waals surface area contributed by atoms with Crippen molar-refractivity contribution in [3.63, 3.8) is 0 Å². The van der Waals surface area contributed by atoms with Crippen LogP contribution in [-0.4, -0.2) is 13.2 Å². The predicted octanol–water partition coefficient (Wildman–Crippen LogP) is 2.52. The van der Waals surface area contributed by atoms with E-state index in [1.54, 1.807) is 0 Å². The molecule has 0 aliphatic rings. The Morgan fingerprint density at radius 1 is 1.29 bits per heavy atom. The number of nitrogens with one attached hydrogen (secondary N) is 1. The van der Waals surface area contributed by atoms with Crippen LogP contribution in [0.3, 0.4) is 0 Å². The summed E-state index contributed by atoms with van der Waals surface area (Å²) >= 11 is 0. The van der Waals surface area contributed by atoms with Gasteiger partial charge in [-0.15, -0.1) is 5.92 Å². The fourth-order valence-electron chi connectivity index (χ4n) is 1.07. The van der Waals surface area contributed by atoms with Gasteiger partial charge < -0.3 is 10.1 Å². The Bertz CT molecular complexity index is 318. The fourth-order valence-corrected chi connectivity index (χ4v) is 1.07. The van der Waals surface area contributed by atoms with E-state index in [4.69, 9.17) is 4.74 Å². The minimum Gasteiger partial charge on any atom is -0.494 e. The van der Waals surface area contributed by atoms with E-state index in [9.17, 15) is 0 Å². The molecule has 0 radical (unpaired) electrons. The summed E-state index contributed by atoms with van der Waals surface area (Å²) in [7, 11) is 0. The zero-order valence-corrected chi connectivity index (χ0v) is 8.63. The van der Waals surface area contributed by atoms with Gasteiger partial charge in [0.05, 0.1) is 13.2 Å². The Balaban J connectivity index is 2.49. The molecular weight excluding hydrogens is 174 g/mol. The molecule has 14 heavy (non-hydrogen) atoms. The summed E-state index contributed by atoms with van der Waals surface area (Å²) in [5.74, 6) is 6.68. The van der Waals surface area contributed by atoms with Crippen molar-refractivity contribution in [2.45, 2.75) is 13.8 Å². The highest BCUT2D eigenvalue weighted by Crippen LogP contribution is 2.14. The predicted molar refractivity (Wildman–Crippen MR) is 59.6 cm³/mol. The quantitative estimate of drug-likeness (QED) is 0.735. The average molecular weight is 189 g/mol. The molecule has 0 unspecified atom stereocenters. The van der Waals surface area contributed by atoms with Crippen LogP contribution in [0, 0.1) is 11.8 Å². The minimum atomic E-state index is 0.685. The molecule has 0 aliphatic heterocycles. The van der Waals surface area contributed by atoms with E-state index in [-0.39, 0.29) is 0 Å². The lowest BCUT2D eigenvalue weighted by atomic mass is 10.3. The van der Waals surface area contributed by atoms with Crippen LogP contribution in [0.5, 0.6) is 5.75 Å². The molecule has 0 spiro atoms. The van der Waals surface area contributed by atoms with Crippen molar-refractivity contribution < 1.29 is 4.74 Å². The maximum atomic E-state index is 5.33. The van der Waals surface area contributed by atoms with Gasteiger partial charge in [-0.25, -0.2) is 0 Å². The summed E-state index contributed by atoms with van der Waals surface area (Å²) in [6.07, 6.45) is 0. The third-order valence-electron chi connectivity index (χ3n) is 1.72. The van der Waals surface area contributed by atoms with Gasteiger partial charge in [0, 0.05) is 5.69 Å². The second-order valence-electron chi connectivity index (χ2n) is 2.74. The van der Waals surface area contributed by atoms with Gasteiger partial charge in [0.25, 0.3) is 0 Å².